The Labute approximate surface area is 163 Å². The average Bonchev–Trinajstić information content (AvgIpc) is 2.96. The van der Waals surface area contributed by atoms with E-state index in [1.54, 1.807) is 13.0 Å². The maximum absolute atomic E-state index is 13.8. The number of para-hydroxylation sites is 1. The first-order valence-electron chi connectivity index (χ1n) is 9.23. The molecular formula is C21H22F2N4O. The summed E-state index contributed by atoms with van der Waals surface area (Å²) in [6.45, 7) is 4.53. The van der Waals surface area contributed by atoms with E-state index in [0.29, 0.717) is 25.2 Å². The summed E-state index contributed by atoms with van der Waals surface area (Å²) in [6.07, 6.45) is 0.825. The zero-order valence-electron chi connectivity index (χ0n) is 15.7. The van der Waals surface area contributed by atoms with Crippen LogP contribution in [-0.2, 0) is 4.79 Å². The van der Waals surface area contributed by atoms with Crippen molar-refractivity contribution in [3.63, 3.8) is 0 Å². The van der Waals surface area contributed by atoms with Gasteiger partial charge in [-0.05, 0) is 37.6 Å². The molecule has 0 bridgehead atoms. The van der Waals surface area contributed by atoms with Gasteiger partial charge in [-0.1, -0.05) is 12.1 Å². The molecule has 1 aliphatic heterocycles. The number of anilines is 2. The molecular weight excluding hydrogens is 362 g/mol. The minimum Gasteiger partial charge on any atom is -0.369 e. The largest absolute Gasteiger partial charge is 0.369 e. The minimum absolute atomic E-state index is 0.156. The molecule has 1 N–H and O–H groups in total. The van der Waals surface area contributed by atoms with Crippen LogP contribution in [-0.4, -0.2) is 43.0 Å². The standard InChI is InChI=1S/C21H22F2N4O/c1-15(21(28)25-19-13-17(22)7-8-18(19)23)26-9-4-10-27(12-11-26)20-6-3-2-5-16(20)14-24/h2-3,5-8,13,15H,4,9-12H2,1H3,(H,25,28)/t15-/m1/s1. The van der Waals surface area contributed by atoms with Gasteiger partial charge in [0.05, 0.1) is 23.0 Å². The Kier molecular flexibility index (Phi) is 6.22. The van der Waals surface area contributed by atoms with Crippen molar-refractivity contribution in [2.24, 2.45) is 0 Å². The number of amides is 1. The van der Waals surface area contributed by atoms with Crippen LogP contribution in [0.3, 0.4) is 0 Å². The molecule has 1 amide bonds. The van der Waals surface area contributed by atoms with Crippen molar-refractivity contribution in [2.75, 3.05) is 36.4 Å². The topological polar surface area (TPSA) is 59.4 Å². The van der Waals surface area contributed by atoms with E-state index in [4.69, 9.17) is 0 Å². The molecule has 1 saturated heterocycles. The first-order chi connectivity index (χ1) is 13.5. The van der Waals surface area contributed by atoms with Gasteiger partial charge in [0.1, 0.15) is 17.7 Å². The van der Waals surface area contributed by atoms with E-state index in [1.807, 2.05) is 23.1 Å². The monoisotopic (exact) mass is 384 g/mol. The van der Waals surface area contributed by atoms with Crippen LogP contribution < -0.4 is 10.2 Å². The van der Waals surface area contributed by atoms with E-state index in [-0.39, 0.29) is 11.6 Å². The van der Waals surface area contributed by atoms with Crippen LogP contribution in [0.5, 0.6) is 0 Å². The van der Waals surface area contributed by atoms with Gasteiger partial charge in [0, 0.05) is 32.2 Å². The molecule has 7 heteroatoms. The summed E-state index contributed by atoms with van der Waals surface area (Å²) < 4.78 is 27.1. The molecule has 1 atom stereocenters. The van der Waals surface area contributed by atoms with Gasteiger partial charge in [-0.25, -0.2) is 8.78 Å². The normalized spacial score (nSPS) is 16.1. The van der Waals surface area contributed by atoms with E-state index in [0.717, 1.165) is 36.9 Å². The number of carbonyl (C=O) groups excluding carboxylic acids is 1. The number of benzene rings is 2. The molecule has 0 spiro atoms. The third-order valence-electron chi connectivity index (χ3n) is 5.01. The van der Waals surface area contributed by atoms with E-state index < -0.39 is 17.7 Å². The zero-order valence-corrected chi connectivity index (χ0v) is 15.7. The molecule has 5 nitrogen and oxygen atoms in total. The Morgan fingerprint density at radius 3 is 2.71 bits per heavy atom. The van der Waals surface area contributed by atoms with Gasteiger partial charge >= 0.3 is 0 Å². The summed E-state index contributed by atoms with van der Waals surface area (Å²) in [5.41, 5.74) is 1.37. The second-order valence-electron chi connectivity index (χ2n) is 6.79. The number of nitriles is 1. The second kappa shape index (κ2) is 8.81. The fraction of sp³-hybridized carbons (Fsp3) is 0.333. The molecule has 0 aliphatic carbocycles. The molecule has 0 aromatic heterocycles. The zero-order chi connectivity index (χ0) is 20.1. The van der Waals surface area contributed by atoms with Crippen LogP contribution in [0.1, 0.15) is 18.9 Å². The Balaban J connectivity index is 1.65. The van der Waals surface area contributed by atoms with Crippen molar-refractivity contribution in [3.8, 4) is 6.07 Å². The number of hydrogen-bond donors (Lipinski definition) is 1. The van der Waals surface area contributed by atoms with Crippen LogP contribution in [0.2, 0.25) is 0 Å². The number of carbonyl (C=O) groups is 1. The van der Waals surface area contributed by atoms with Gasteiger partial charge in [0.25, 0.3) is 0 Å². The molecule has 1 heterocycles. The molecule has 0 unspecified atom stereocenters. The minimum atomic E-state index is -0.669. The van der Waals surface area contributed by atoms with Gasteiger partial charge in [-0.15, -0.1) is 0 Å². The lowest BCUT2D eigenvalue weighted by atomic mass is 10.1. The van der Waals surface area contributed by atoms with Crippen LogP contribution in [0.15, 0.2) is 42.5 Å². The Bertz CT molecular complexity index is 896. The highest BCUT2D eigenvalue weighted by atomic mass is 19.1. The van der Waals surface area contributed by atoms with Crippen LogP contribution >= 0.6 is 0 Å². The maximum Gasteiger partial charge on any atom is 0.241 e. The van der Waals surface area contributed by atoms with Crippen molar-refractivity contribution in [2.45, 2.75) is 19.4 Å². The van der Waals surface area contributed by atoms with Gasteiger partial charge in [-0.2, -0.15) is 5.26 Å². The van der Waals surface area contributed by atoms with Gasteiger partial charge in [-0.3, -0.25) is 9.69 Å². The summed E-state index contributed by atoms with van der Waals surface area (Å²) in [5.74, 6) is -1.65. The molecule has 146 valence electrons. The van der Waals surface area contributed by atoms with Crippen molar-refractivity contribution in [3.05, 3.63) is 59.7 Å². The molecule has 3 rings (SSSR count). The highest BCUT2D eigenvalue weighted by Gasteiger charge is 2.25. The van der Waals surface area contributed by atoms with Crippen molar-refractivity contribution >= 4 is 17.3 Å². The van der Waals surface area contributed by atoms with E-state index >= 15 is 0 Å². The fourth-order valence-corrected chi connectivity index (χ4v) is 3.41. The average molecular weight is 384 g/mol. The number of nitrogens with one attached hydrogen (secondary N) is 1. The lowest BCUT2D eigenvalue weighted by Gasteiger charge is -2.27. The Hall–Kier alpha value is -2.98. The lowest BCUT2D eigenvalue weighted by Crippen LogP contribution is -2.44. The summed E-state index contributed by atoms with van der Waals surface area (Å²) >= 11 is 0. The van der Waals surface area contributed by atoms with Crippen molar-refractivity contribution < 1.29 is 13.6 Å². The molecule has 2 aromatic carbocycles. The van der Waals surface area contributed by atoms with Crippen molar-refractivity contribution in [1.29, 1.82) is 5.26 Å². The third kappa shape index (κ3) is 4.46. The predicted molar refractivity (Wildman–Crippen MR) is 104 cm³/mol. The van der Waals surface area contributed by atoms with Crippen LogP contribution in [0, 0.1) is 23.0 Å². The van der Waals surface area contributed by atoms with Crippen molar-refractivity contribution in [1.82, 2.24) is 4.90 Å². The number of hydrogen-bond acceptors (Lipinski definition) is 4. The lowest BCUT2D eigenvalue weighted by molar-refractivity contribution is -0.120. The molecule has 0 radical (unpaired) electrons. The van der Waals surface area contributed by atoms with E-state index in [1.165, 1.54) is 0 Å². The molecule has 0 saturated carbocycles. The third-order valence-corrected chi connectivity index (χ3v) is 5.01. The summed E-state index contributed by atoms with van der Waals surface area (Å²) in [4.78, 5) is 16.7. The second-order valence-corrected chi connectivity index (χ2v) is 6.79. The molecule has 2 aromatic rings. The highest BCUT2D eigenvalue weighted by molar-refractivity contribution is 5.94. The van der Waals surface area contributed by atoms with Gasteiger partial charge in [0.15, 0.2) is 0 Å². The fourth-order valence-electron chi connectivity index (χ4n) is 3.41. The number of rotatable bonds is 4. The highest BCUT2D eigenvalue weighted by Crippen LogP contribution is 2.22. The van der Waals surface area contributed by atoms with Crippen LogP contribution in [0.4, 0.5) is 20.2 Å². The first-order valence-corrected chi connectivity index (χ1v) is 9.23. The smallest absolute Gasteiger partial charge is 0.241 e. The molecule has 28 heavy (non-hydrogen) atoms. The van der Waals surface area contributed by atoms with Gasteiger partial charge in [0.2, 0.25) is 5.91 Å². The summed E-state index contributed by atoms with van der Waals surface area (Å²) in [5, 5.41) is 11.8. The number of halogens is 2. The van der Waals surface area contributed by atoms with Crippen LogP contribution in [0.25, 0.3) is 0 Å². The van der Waals surface area contributed by atoms with E-state index in [2.05, 4.69) is 16.3 Å². The summed E-state index contributed by atoms with van der Waals surface area (Å²) in [6, 6.07) is 12.2. The quantitative estimate of drug-likeness (QED) is 0.878. The molecule has 1 aliphatic rings. The molecule has 1 fully saturated rings. The van der Waals surface area contributed by atoms with E-state index in [9.17, 15) is 18.8 Å². The number of nitrogens with zero attached hydrogens (tertiary/aromatic N) is 3. The predicted octanol–water partition coefficient (Wildman–Crippen LogP) is 3.38. The van der Waals surface area contributed by atoms with Gasteiger partial charge < -0.3 is 10.2 Å². The Morgan fingerprint density at radius 2 is 1.93 bits per heavy atom. The first kappa shape index (κ1) is 19.8. The maximum atomic E-state index is 13.8. The Morgan fingerprint density at radius 1 is 1.14 bits per heavy atom. The SMILES string of the molecule is C[C@H](C(=O)Nc1cc(F)ccc1F)N1CCCN(c2ccccc2C#N)CC1. The summed E-state index contributed by atoms with van der Waals surface area (Å²) in [7, 11) is 0.